The standard InChI is InChI=1S/C61H44N4O.C3H8/c1-61(2)51-27-12-11-22-48(51)55-41(23-15-28-52(55)61)39-32-40-33-49(40)50(34-39)47-26-14-25-46-45-24-13-19-36-16-9-10-20-42(36)56(45)65(57(46)47)60-63-58(37-17-5-3-6-18-37)62-59(64-60)38-30-31-44-43-21-7-4-8-29-53(43)66-54(44)35-38;1-3-2/h3,5-18,20-32,34-35,40,49H,4,19,33H2,1-2H3;3H2,1-2H3. The number of allylic oxidation sites excluding steroid dienone is 7. The molecule has 0 radical (unpaired) electrons. The van der Waals surface area contributed by atoms with E-state index in [-0.39, 0.29) is 5.41 Å². The lowest BCUT2D eigenvalue weighted by Gasteiger charge is -2.22. The summed E-state index contributed by atoms with van der Waals surface area (Å²) in [5.74, 6) is 3.57. The van der Waals surface area contributed by atoms with Gasteiger partial charge in [-0.15, -0.1) is 0 Å². The molecule has 0 bridgehead atoms. The van der Waals surface area contributed by atoms with Crippen molar-refractivity contribution in [2.24, 2.45) is 11.8 Å². The molecule has 2 atom stereocenters. The number of hydrogen-bond acceptors (Lipinski definition) is 4. The van der Waals surface area contributed by atoms with Gasteiger partial charge in [-0.1, -0.05) is 198 Å². The van der Waals surface area contributed by atoms with Crippen molar-refractivity contribution in [1.82, 2.24) is 19.5 Å². The average Bonchev–Trinajstić information content (AvgIpc) is 4.05. The molecule has 3 aromatic heterocycles. The second kappa shape index (κ2) is 16.1. The highest BCUT2D eigenvalue weighted by Gasteiger charge is 2.44. The largest absolute Gasteiger partial charge is 0.456 e. The van der Waals surface area contributed by atoms with Gasteiger partial charge in [0, 0.05) is 49.6 Å². The van der Waals surface area contributed by atoms with E-state index < -0.39 is 0 Å². The van der Waals surface area contributed by atoms with E-state index in [4.69, 9.17) is 19.4 Å². The van der Waals surface area contributed by atoms with Crippen LogP contribution in [0, 0.1) is 11.8 Å². The molecule has 0 saturated heterocycles. The van der Waals surface area contributed by atoms with E-state index >= 15 is 0 Å². The number of rotatable bonds is 5. The fraction of sp³-hybridized carbons (Fsp3) is 0.172. The van der Waals surface area contributed by atoms with Gasteiger partial charge in [0.2, 0.25) is 5.95 Å². The van der Waals surface area contributed by atoms with Crippen LogP contribution >= 0.6 is 0 Å². The predicted octanol–water partition coefficient (Wildman–Crippen LogP) is 16.4. The molecule has 5 aliphatic carbocycles. The summed E-state index contributed by atoms with van der Waals surface area (Å²) < 4.78 is 8.86. The van der Waals surface area contributed by atoms with Crippen LogP contribution in [0.5, 0.6) is 0 Å². The number of aromatic nitrogens is 4. The molecular weight excluding hydrogens is 841 g/mol. The Morgan fingerprint density at radius 2 is 1.35 bits per heavy atom. The predicted molar refractivity (Wildman–Crippen MR) is 286 cm³/mol. The summed E-state index contributed by atoms with van der Waals surface area (Å²) in [5, 5.41) is 2.26. The van der Waals surface area contributed by atoms with Gasteiger partial charge >= 0.3 is 0 Å². The van der Waals surface area contributed by atoms with Crippen molar-refractivity contribution in [1.29, 1.82) is 0 Å². The molecule has 0 aliphatic heterocycles. The maximum absolute atomic E-state index is 6.49. The molecule has 1 fully saturated rings. The minimum absolute atomic E-state index is 0.0704. The zero-order valence-electron chi connectivity index (χ0n) is 39.5. The second-order valence-corrected chi connectivity index (χ2v) is 19.7. The summed E-state index contributed by atoms with van der Waals surface area (Å²) in [6.45, 7) is 8.99. The van der Waals surface area contributed by atoms with Gasteiger partial charge in [-0.2, -0.15) is 9.97 Å². The lowest BCUT2D eigenvalue weighted by atomic mass is 9.81. The maximum atomic E-state index is 6.49. The van der Waals surface area contributed by atoms with Crippen molar-refractivity contribution in [3.8, 4) is 51.1 Å². The van der Waals surface area contributed by atoms with Crippen LogP contribution in [0.15, 0.2) is 168 Å². The van der Waals surface area contributed by atoms with E-state index in [0.717, 1.165) is 63.9 Å². The first-order valence-electron chi connectivity index (χ1n) is 24.7. The summed E-state index contributed by atoms with van der Waals surface area (Å²) in [6.07, 6.45) is 22.4. The number of benzene rings is 6. The molecular formula is C64H52N4O. The van der Waals surface area contributed by atoms with Gasteiger partial charge in [0.15, 0.2) is 11.6 Å². The normalized spacial score (nSPS) is 17.6. The Bertz CT molecular complexity index is 3740. The molecule has 0 amide bonds. The van der Waals surface area contributed by atoms with E-state index in [2.05, 4.69) is 196 Å². The zero-order valence-corrected chi connectivity index (χ0v) is 39.5. The lowest BCUT2D eigenvalue weighted by molar-refractivity contribution is 0.603. The summed E-state index contributed by atoms with van der Waals surface area (Å²) >= 11 is 0. The molecule has 69 heavy (non-hydrogen) atoms. The van der Waals surface area contributed by atoms with E-state index in [1.165, 1.54) is 73.0 Å². The maximum Gasteiger partial charge on any atom is 0.238 e. The Kier molecular flexibility index (Phi) is 9.66. The molecule has 1 saturated carbocycles. The minimum Gasteiger partial charge on any atom is -0.456 e. The highest BCUT2D eigenvalue weighted by molar-refractivity contribution is 6.07. The van der Waals surface area contributed by atoms with Gasteiger partial charge in [-0.05, 0) is 93.8 Å². The van der Waals surface area contributed by atoms with Crippen LogP contribution in [0.1, 0.15) is 91.7 Å². The third-order valence-corrected chi connectivity index (χ3v) is 14.8. The zero-order chi connectivity index (χ0) is 46.4. The molecule has 2 unspecified atom stereocenters. The van der Waals surface area contributed by atoms with Crippen molar-refractivity contribution in [3.05, 3.63) is 209 Å². The molecule has 5 aliphatic rings. The van der Waals surface area contributed by atoms with Gasteiger partial charge in [-0.25, -0.2) is 4.98 Å². The topological polar surface area (TPSA) is 56.7 Å². The van der Waals surface area contributed by atoms with Crippen LogP contribution in [0.4, 0.5) is 0 Å². The number of hydrogen-bond donors (Lipinski definition) is 0. The van der Waals surface area contributed by atoms with Crippen LogP contribution in [0.3, 0.4) is 0 Å². The van der Waals surface area contributed by atoms with Crippen LogP contribution in [-0.4, -0.2) is 19.5 Å². The van der Waals surface area contributed by atoms with Crippen LogP contribution < -0.4 is 0 Å². The van der Waals surface area contributed by atoms with Gasteiger partial charge in [0.1, 0.15) is 11.3 Å². The lowest BCUT2D eigenvalue weighted by Crippen LogP contribution is -2.14. The molecule has 6 aromatic carbocycles. The highest BCUT2D eigenvalue weighted by atomic mass is 16.3. The number of nitrogens with zero attached hydrogens (tertiary/aromatic N) is 4. The van der Waals surface area contributed by atoms with Crippen molar-refractivity contribution in [3.63, 3.8) is 0 Å². The molecule has 5 heteroatoms. The van der Waals surface area contributed by atoms with Crippen LogP contribution in [0.2, 0.25) is 0 Å². The first-order chi connectivity index (χ1) is 33.9. The van der Waals surface area contributed by atoms with Gasteiger partial charge in [-0.3, -0.25) is 4.57 Å². The SMILES string of the molecule is CC1(C)c2ccccc2-c2c(C3=CC4CC4C(c4cccc5c6c(n(-c7nc(-c8ccccc8)nc(-c8ccc9c%10c(oc9c8)C=CCC=C%10)n7)c45)-c4ccccc4CC=C6)=C3)cccc21.CCC. The number of furan rings is 1. The van der Waals surface area contributed by atoms with E-state index in [1.807, 2.05) is 18.2 Å². The summed E-state index contributed by atoms with van der Waals surface area (Å²) in [6, 6.07) is 48.3. The Hall–Kier alpha value is -7.89. The molecule has 3 heterocycles. The van der Waals surface area contributed by atoms with Gasteiger partial charge < -0.3 is 4.42 Å². The molecule has 14 rings (SSSR count). The Balaban J connectivity index is 0.00000153. The Morgan fingerprint density at radius 3 is 2.22 bits per heavy atom. The first kappa shape index (κ1) is 41.3. The van der Waals surface area contributed by atoms with Crippen molar-refractivity contribution < 1.29 is 4.42 Å². The van der Waals surface area contributed by atoms with E-state index in [9.17, 15) is 0 Å². The monoisotopic (exact) mass is 892 g/mol. The fourth-order valence-corrected chi connectivity index (χ4v) is 11.5. The minimum atomic E-state index is -0.0704. The second-order valence-electron chi connectivity index (χ2n) is 19.7. The van der Waals surface area contributed by atoms with Crippen molar-refractivity contribution in [2.75, 3.05) is 0 Å². The molecule has 5 nitrogen and oxygen atoms in total. The Labute approximate surface area is 403 Å². The summed E-state index contributed by atoms with van der Waals surface area (Å²) in [7, 11) is 0. The molecule has 0 N–H and O–H groups in total. The van der Waals surface area contributed by atoms with Crippen molar-refractivity contribution >= 4 is 51.2 Å². The average molecular weight is 893 g/mol. The number of fused-ring (bicyclic) bond motifs is 12. The summed E-state index contributed by atoms with van der Waals surface area (Å²) in [5.41, 5.74) is 20.2. The number of para-hydroxylation sites is 1. The third kappa shape index (κ3) is 6.62. The molecule has 9 aromatic rings. The van der Waals surface area contributed by atoms with Crippen LogP contribution in [0.25, 0.3) is 102 Å². The molecule has 334 valence electrons. The van der Waals surface area contributed by atoms with Crippen LogP contribution in [-0.2, 0) is 11.8 Å². The van der Waals surface area contributed by atoms with E-state index in [1.54, 1.807) is 0 Å². The fourth-order valence-electron chi connectivity index (χ4n) is 11.5. The Morgan fingerprint density at radius 1 is 0.638 bits per heavy atom. The quantitative estimate of drug-likeness (QED) is 0.173. The molecule has 0 spiro atoms. The third-order valence-electron chi connectivity index (χ3n) is 14.8. The first-order valence-corrected chi connectivity index (χ1v) is 24.7. The van der Waals surface area contributed by atoms with Gasteiger partial charge in [0.05, 0.1) is 11.2 Å². The van der Waals surface area contributed by atoms with Crippen molar-refractivity contribution in [2.45, 2.75) is 58.8 Å². The highest BCUT2D eigenvalue weighted by Crippen LogP contribution is 2.58. The smallest absolute Gasteiger partial charge is 0.238 e. The summed E-state index contributed by atoms with van der Waals surface area (Å²) in [4.78, 5) is 16.2. The van der Waals surface area contributed by atoms with E-state index in [0.29, 0.717) is 29.4 Å². The van der Waals surface area contributed by atoms with Gasteiger partial charge in [0.25, 0.3) is 0 Å².